The van der Waals surface area contributed by atoms with Crippen LogP contribution in [0.25, 0.3) is 0 Å². The van der Waals surface area contributed by atoms with Gasteiger partial charge in [-0.05, 0) is 54.8 Å². The molecule has 1 atom stereocenters. The molecule has 0 aromatic heterocycles. The molecule has 0 aliphatic carbocycles. The van der Waals surface area contributed by atoms with E-state index in [9.17, 15) is 14.0 Å². The van der Waals surface area contributed by atoms with Gasteiger partial charge in [0.05, 0.1) is 0 Å². The molecule has 0 radical (unpaired) electrons. The van der Waals surface area contributed by atoms with Gasteiger partial charge in [0.25, 0.3) is 5.91 Å². The van der Waals surface area contributed by atoms with Crippen LogP contribution in [0.2, 0.25) is 0 Å². The third kappa shape index (κ3) is 3.52. The number of hydrogen-bond donors (Lipinski definition) is 1. The van der Waals surface area contributed by atoms with E-state index in [0.717, 1.165) is 18.8 Å². The molecule has 5 nitrogen and oxygen atoms in total. The molecule has 2 heterocycles. The largest absolute Gasteiger partial charge is 0.372 e. The number of amides is 2. The van der Waals surface area contributed by atoms with E-state index in [2.05, 4.69) is 10.2 Å². The maximum absolute atomic E-state index is 13.3. The number of carbonyl (C=O) groups is 2. The van der Waals surface area contributed by atoms with Gasteiger partial charge in [0.15, 0.2) is 0 Å². The molecule has 2 fully saturated rings. The number of rotatable bonds is 3. The second kappa shape index (κ2) is 7.39. The molecule has 6 heteroatoms. The van der Waals surface area contributed by atoms with Gasteiger partial charge < -0.3 is 15.1 Å². The summed E-state index contributed by atoms with van der Waals surface area (Å²) in [6.07, 6.45) is 2.39. The Balaban J connectivity index is 1.58. The van der Waals surface area contributed by atoms with Gasteiger partial charge in [-0.3, -0.25) is 9.59 Å². The van der Waals surface area contributed by atoms with E-state index in [1.54, 1.807) is 17.0 Å². The van der Waals surface area contributed by atoms with Gasteiger partial charge in [-0.25, -0.2) is 4.39 Å². The molecule has 2 aromatic carbocycles. The van der Waals surface area contributed by atoms with E-state index >= 15 is 0 Å². The summed E-state index contributed by atoms with van der Waals surface area (Å²) in [6.45, 7) is 2.92. The highest BCUT2D eigenvalue weighted by Gasteiger charge is 2.34. The lowest BCUT2D eigenvalue weighted by molar-refractivity contribution is -0.128. The van der Waals surface area contributed by atoms with Crippen molar-refractivity contribution < 1.29 is 14.0 Å². The average Bonchev–Trinajstić information content (AvgIpc) is 3.23. The number of anilines is 1. The minimum Gasteiger partial charge on any atom is -0.372 e. The van der Waals surface area contributed by atoms with Gasteiger partial charge >= 0.3 is 0 Å². The fraction of sp³-hybridized carbons (Fsp3) is 0.333. The van der Waals surface area contributed by atoms with Gasteiger partial charge in [-0.2, -0.15) is 0 Å². The lowest BCUT2D eigenvalue weighted by atomic mass is 10.0. The molecule has 2 aliphatic rings. The van der Waals surface area contributed by atoms with E-state index in [4.69, 9.17) is 0 Å². The fourth-order valence-corrected chi connectivity index (χ4v) is 3.82. The Morgan fingerprint density at radius 1 is 0.963 bits per heavy atom. The van der Waals surface area contributed by atoms with Crippen LogP contribution in [-0.4, -0.2) is 42.9 Å². The number of carbonyl (C=O) groups excluding carboxylic acids is 2. The first kappa shape index (κ1) is 17.5. The van der Waals surface area contributed by atoms with Gasteiger partial charge in [-0.15, -0.1) is 0 Å². The van der Waals surface area contributed by atoms with E-state index in [0.29, 0.717) is 24.2 Å². The summed E-state index contributed by atoms with van der Waals surface area (Å²) in [5.74, 6) is -0.799. The summed E-state index contributed by atoms with van der Waals surface area (Å²) in [5, 5.41) is 2.79. The summed E-state index contributed by atoms with van der Waals surface area (Å²) in [6, 6.07) is 12.6. The molecule has 2 amide bonds. The lowest BCUT2D eigenvalue weighted by Gasteiger charge is -2.35. The molecule has 4 rings (SSSR count). The van der Waals surface area contributed by atoms with Crippen molar-refractivity contribution in [1.82, 2.24) is 10.2 Å². The quantitative estimate of drug-likeness (QED) is 0.908. The third-order valence-electron chi connectivity index (χ3n) is 5.24. The summed E-state index contributed by atoms with van der Waals surface area (Å²) in [5.41, 5.74) is 2.28. The molecule has 0 spiro atoms. The van der Waals surface area contributed by atoms with Crippen LogP contribution in [0, 0.1) is 5.82 Å². The van der Waals surface area contributed by atoms with Crippen LogP contribution in [0.5, 0.6) is 0 Å². The lowest BCUT2D eigenvalue weighted by Crippen LogP contribution is -2.52. The Kier molecular flexibility index (Phi) is 4.79. The molecule has 0 bridgehead atoms. The maximum atomic E-state index is 13.3. The molecule has 1 unspecified atom stereocenters. The van der Waals surface area contributed by atoms with E-state index in [1.165, 1.54) is 25.0 Å². The van der Waals surface area contributed by atoms with E-state index < -0.39 is 6.04 Å². The Morgan fingerprint density at radius 3 is 2.30 bits per heavy atom. The predicted molar refractivity (Wildman–Crippen MR) is 101 cm³/mol. The highest BCUT2D eigenvalue weighted by Crippen LogP contribution is 2.27. The van der Waals surface area contributed by atoms with Crippen molar-refractivity contribution in [3.8, 4) is 0 Å². The van der Waals surface area contributed by atoms with Crippen molar-refractivity contribution in [2.45, 2.75) is 18.9 Å². The SMILES string of the molecule is O=C1NCCN(C(=O)c2ccc(N3CCCC3)cc2)C1c1ccc(F)cc1. The van der Waals surface area contributed by atoms with Crippen LogP contribution in [0.15, 0.2) is 48.5 Å². The second-order valence-corrected chi connectivity index (χ2v) is 6.98. The minimum absolute atomic E-state index is 0.188. The highest BCUT2D eigenvalue weighted by atomic mass is 19.1. The molecule has 1 N–H and O–H groups in total. The number of piperazine rings is 1. The summed E-state index contributed by atoms with van der Waals surface area (Å²) < 4.78 is 13.3. The number of benzene rings is 2. The summed E-state index contributed by atoms with van der Waals surface area (Å²) >= 11 is 0. The summed E-state index contributed by atoms with van der Waals surface area (Å²) in [4.78, 5) is 29.4. The number of nitrogens with zero attached hydrogens (tertiary/aromatic N) is 2. The summed E-state index contributed by atoms with van der Waals surface area (Å²) in [7, 11) is 0. The van der Waals surface area contributed by atoms with Crippen molar-refractivity contribution in [2.24, 2.45) is 0 Å². The molecular weight excluding hydrogens is 345 g/mol. The van der Waals surface area contributed by atoms with Gasteiger partial charge in [0.1, 0.15) is 11.9 Å². The molecule has 0 saturated carbocycles. The Morgan fingerprint density at radius 2 is 1.63 bits per heavy atom. The van der Waals surface area contributed by atoms with Crippen LogP contribution in [0.4, 0.5) is 10.1 Å². The Hall–Kier alpha value is -2.89. The first-order valence-electron chi connectivity index (χ1n) is 9.32. The standard InChI is InChI=1S/C21H22FN3O2/c22-17-7-3-15(4-8-17)19-20(26)23-11-14-25(19)21(27)16-5-9-18(10-6-16)24-12-1-2-13-24/h3-10,19H,1-2,11-14H2,(H,23,26). The normalized spacial score (nSPS) is 19.9. The molecule has 2 aliphatic heterocycles. The van der Waals surface area contributed by atoms with E-state index in [1.807, 2.05) is 24.3 Å². The van der Waals surface area contributed by atoms with Crippen molar-refractivity contribution in [1.29, 1.82) is 0 Å². The van der Waals surface area contributed by atoms with Crippen LogP contribution in [-0.2, 0) is 4.79 Å². The average molecular weight is 367 g/mol. The van der Waals surface area contributed by atoms with Gasteiger partial charge in [0, 0.05) is 37.4 Å². The molecule has 27 heavy (non-hydrogen) atoms. The van der Waals surface area contributed by atoms with Crippen LogP contribution in [0.3, 0.4) is 0 Å². The molecule has 2 aromatic rings. The van der Waals surface area contributed by atoms with Crippen LogP contribution >= 0.6 is 0 Å². The van der Waals surface area contributed by atoms with Gasteiger partial charge in [-0.1, -0.05) is 12.1 Å². The van der Waals surface area contributed by atoms with Crippen LogP contribution in [0.1, 0.15) is 34.8 Å². The zero-order chi connectivity index (χ0) is 18.8. The van der Waals surface area contributed by atoms with Gasteiger partial charge in [0.2, 0.25) is 5.91 Å². The smallest absolute Gasteiger partial charge is 0.254 e. The zero-order valence-electron chi connectivity index (χ0n) is 15.0. The first-order valence-corrected chi connectivity index (χ1v) is 9.32. The Bertz CT molecular complexity index is 830. The highest BCUT2D eigenvalue weighted by molar-refractivity contribution is 5.98. The van der Waals surface area contributed by atoms with Crippen LogP contribution < -0.4 is 10.2 Å². The zero-order valence-corrected chi connectivity index (χ0v) is 15.0. The number of hydrogen-bond acceptors (Lipinski definition) is 3. The van der Waals surface area contributed by atoms with Crippen molar-refractivity contribution in [3.63, 3.8) is 0 Å². The van der Waals surface area contributed by atoms with E-state index in [-0.39, 0.29) is 17.6 Å². The number of nitrogens with one attached hydrogen (secondary N) is 1. The molecular formula is C21H22FN3O2. The fourth-order valence-electron chi connectivity index (χ4n) is 3.82. The minimum atomic E-state index is -0.745. The third-order valence-corrected chi connectivity index (χ3v) is 5.24. The van der Waals surface area contributed by atoms with Crippen molar-refractivity contribution in [2.75, 3.05) is 31.1 Å². The monoisotopic (exact) mass is 367 g/mol. The second-order valence-electron chi connectivity index (χ2n) is 6.98. The predicted octanol–water partition coefficient (Wildman–Crippen LogP) is 2.74. The number of halogens is 1. The first-order chi connectivity index (χ1) is 13.1. The molecule has 140 valence electrons. The van der Waals surface area contributed by atoms with Crippen molar-refractivity contribution in [3.05, 3.63) is 65.5 Å². The maximum Gasteiger partial charge on any atom is 0.254 e. The van der Waals surface area contributed by atoms with Crippen molar-refractivity contribution >= 4 is 17.5 Å². The Labute approximate surface area is 157 Å². The molecule has 2 saturated heterocycles. The topological polar surface area (TPSA) is 52.7 Å².